The molecule has 0 unspecified atom stereocenters. The molecule has 0 radical (unpaired) electrons. The second-order valence-electron chi connectivity index (χ2n) is 4.23. The number of amidine groups is 1. The number of oxime groups is 1. The molecule has 20 heavy (non-hydrogen) atoms. The van der Waals surface area contributed by atoms with Crippen molar-refractivity contribution in [3.8, 4) is 0 Å². The Morgan fingerprint density at radius 1 is 1.10 bits per heavy atom. The topological polar surface area (TPSA) is 78.9 Å². The molecule has 0 aromatic heterocycles. The zero-order chi connectivity index (χ0) is 14.5. The van der Waals surface area contributed by atoms with Crippen molar-refractivity contribution in [2.24, 2.45) is 10.9 Å². The van der Waals surface area contributed by atoms with E-state index in [-0.39, 0.29) is 11.7 Å². The Balaban J connectivity index is 2.39. The number of carbonyl (C=O) groups excluding carboxylic acids is 1. The van der Waals surface area contributed by atoms with Gasteiger partial charge in [0.05, 0.1) is 5.69 Å². The second kappa shape index (κ2) is 5.88. The maximum absolute atomic E-state index is 12.4. The summed E-state index contributed by atoms with van der Waals surface area (Å²) < 4.78 is 0. The summed E-state index contributed by atoms with van der Waals surface area (Å²) >= 11 is 0. The number of hydrogen-bond donors (Lipinski definition) is 2. The molecule has 0 saturated carbocycles. The van der Waals surface area contributed by atoms with Gasteiger partial charge in [0.2, 0.25) is 0 Å². The van der Waals surface area contributed by atoms with E-state index in [1.165, 1.54) is 4.90 Å². The first-order valence-electron chi connectivity index (χ1n) is 6.05. The fraction of sp³-hybridized carbons (Fsp3) is 0.0667. The molecule has 5 heteroatoms. The van der Waals surface area contributed by atoms with Crippen molar-refractivity contribution in [1.29, 1.82) is 0 Å². The highest BCUT2D eigenvalue weighted by atomic mass is 16.4. The van der Waals surface area contributed by atoms with Crippen LogP contribution in [0.1, 0.15) is 15.9 Å². The van der Waals surface area contributed by atoms with Crippen LogP contribution in [0.4, 0.5) is 5.69 Å². The van der Waals surface area contributed by atoms with Crippen LogP contribution in [-0.4, -0.2) is 24.0 Å². The number of carbonyl (C=O) groups is 1. The van der Waals surface area contributed by atoms with Crippen LogP contribution in [0.2, 0.25) is 0 Å². The van der Waals surface area contributed by atoms with Crippen molar-refractivity contribution in [2.75, 3.05) is 11.9 Å². The molecule has 0 aliphatic rings. The van der Waals surface area contributed by atoms with Crippen molar-refractivity contribution >= 4 is 17.4 Å². The van der Waals surface area contributed by atoms with E-state index in [4.69, 9.17) is 10.9 Å². The number of para-hydroxylation sites is 1. The van der Waals surface area contributed by atoms with Gasteiger partial charge >= 0.3 is 0 Å². The summed E-state index contributed by atoms with van der Waals surface area (Å²) in [7, 11) is 1.65. The summed E-state index contributed by atoms with van der Waals surface area (Å²) in [6.07, 6.45) is 0. The first kappa shape index (κ1) is 13.6. The van der Waals surface area contributed by atoms with Gasteiger partial charge in [0.15, 0.2) is 5.84 Å². The van der Waals surface area contributed by atoms with E-state index in [2.05, 4.69) is 5.16 Å². The number of hydrogen-bond acceptors (Lipinski definition) is 3. The molecule has 0 saturated heterocycles. The van der Waals surface area contributed by atoms with Crippen LogP contribution in [0, 0.1) is 0 Å². The SMILES string of the molecule is CN(C(=O)c1ccccc1)c1ccccc1/C(N)=N/O. The summed E-state index contributed by atoms with van der Waals surface area (Å²) in [6, 6.07) is 15.9. The highest BCUT2D eigenvalue weighted by Crippen LogP contribution is 2.20. The quantitative estimate of drug-likeness (QED) is 0.387. The molecule has 0 aliphatic carbocycles. The van der Waals surface area contributed by atoms with Crippen LogP contribution < -0.4 is 10.6 Å². The molecular weight excluding hydrogens is 254 g/mol. The third-order valence-electron chi connectivity index (χ3n) is 2.97. The van der Waals surface area contributed by atoms with Gasteiger partial charge in [0.1, 0.15) is 0 Å². The average molecular weight is 269 g/mol. The Labute approximate surface area is 116 Å². The third-order valence-corrected chi connectivity index (χ3v) is 2.97. The number of nitrogens with two attached hydrogens (primary N) is 1. The third kappa shape index (κ3) is 2.61. The lowest BCUT2D eigenvalue weighted by Crippen LogP contribution is -2.29. The number of benzene rings is 2. The lowest BCUT2D eigenvalue weighted by molar-refractivity contribution is 0.0993. The molecule has 5 nitrogen and oxygen atoms in total. The van der Waals surface area contributed by atoms with Gasteiger partial charge in [0.25, 0.3) is 5.91 Å². The van der Waals surface area contributed by atoms with Gasteiger partial charge in [-0.3, -0.25) is 4.79 Å². The largest absolute Gasteiger partial charge is 0.409 e. The standard InChI is InChI=1S/C15H15N3O2/c1-18(15(19)11-7-3-2-4-8-11)13-10-6-5-9-12(13)14(16)17-20/h2-10,20H,1H3,(H2,16,17). The maximum Gasteiger partial charge on any atom is 0.258 e. The van der Waals surface area contributed by atoms with Gasteiger partial charge < -0.3 is 15.8 Å². The van der Waals surface area contributed by atoms with E-state index in [9.17, 15) is 4.79 Å². The van der Waals surface area contributed by atoms with E-state index in [1.54, 1.807) is 55.6 Å². The van der Waals surface area contributed by atoms with Crippen molar-refractivity contribution in [3.05, 3.63) is 65.7 Å². The summed E-state index contributed by atoms with van der Waals surface area (Å²) in [6.45, 7) is 0. The molecule has 1 amide bonds. The van der Waals surface area contributed by atoms with E-state index >= 15 is 0 Å². The summed E-state index contributed by atoms with van der Waals surface area (Å²) in [5, 5.41) is 11.8. The second-order valence-corrected chi connectivity index (χ2v) is 4.23. The molecule has 102 valence electrons. The number of amides is 1. The van der Waals surface area contributed by atoms with Crippen molar-refractivity contribution < 1.29 is 10.0 Å². The fourth-order valence-electron chi connectivity index (χ4n) is 1.92. The molecule has 0 atom stereocenters. The van der Waals surface area contributed by atoms with Crippen LogP contribution in [-0.2, 0) is 0 Å². The van der Waals surface area contributed by atoms with E-state index in [0.29, 0.717) is 16.8 Å². The number of rotatable bonds is 3. The predicted octanol–water partition coefficient (Wildman–Crippen LogP) is 2.06. The van der Waals surface area contributed by atoms with Crippen LogP contribution in [0.3, 0.4) is 0 Å². The minimum absolute atomic E-state index is 0.0340. The monoisotopic (exact) mass is 269 g/mol. The molecule has 2 aromatic rings. The summed E-state index contributed by atoms with van der Waals surface area (Å²) in [5.74, 6) is -0.197. The normalized spacial score (nSPS) is 11.2. The van der Waals surface area contributed by atoms with E-state index in [0.717, 1.165) is 0 Å². The van der Waals surface area contributed by atoms with Gasteiger partial charge in [-0.1, -0.05) is 35.5 Å². The molecular formula is C15H15N3O2. The van der Waals surface area contributed by atoms with Gasteiger partial charge in [-0.25, -0.2) is 0 Å². The zero-order valence-electron chi connectivity index (χ0n) is 11.0. The number of anilines is 1. The minimum Gasteiger partial charge on any atom is -0.409 e. The fourth-order valence-corrected chi connectivity index (χ4v) is 1.92. The Hall–Kier alpha value is -2.82. The average Bonchev–Trinajstić information content (AvgIpc) is 2.53. The Kier molecular flexibility index (Phi) is 4.00. The summed E-state index contributed by atoms with van der Waals surface area (Å²) in [5.41, 5.74) is 7.29. The van der Waals surface area contributed by atoms with E-state index < -0.39 is 0 Å². The Morgan fingerprint density at radius 3 is 2.35 bits per heavy atom. The highest BCUT2D eigenvalue weighted by molar-refractivity contribution is 6.10. The van der Waals surface area contributed by atoms with Crippen molar-refractivity contribution in [3.63, 3.8) is 0 Å². The highest BCUT2D eigenvalue weighted by Gasteiger charge is 2.17. The molecule has 0 bridgehead atoms. The van der Waals surface area contributed by atoms with Crippen LogP contribution >= 0.6 is 0 Å². The van der Waals surface area contributed by atoms with Crippen LogP contribution in [0.5, 0.6) is 0 Å². The van der Waals surface area contributed by atoms with Gasteiger partial charge in [0, 0.05) is 18.2 Å². The maximum atomic E-state index is 12.4. The molecule has 0 heterocycles. The molecule has 2 aromatic carbocycles. The molecule has 0 fully saturated rings. The predicted molar refractivity (Wildman–Crippen MR) is 78.1 cm³/mol. The minimum atomic E-state index is -0.163. The number of nitrogens with zero attached hydrogens (tertiary/aromatic N) is 2. The van der Waals surface area contributed by atoms with Crippen LogP contribution in [0.25, 0.3) is 0 Å². The first-order chi connectivity index (χ1) is 9.65. The summed E-state index contributed by atoms with van der Waals surface area (Å²) in [4.78, 5) is 13.9. The smallest absolute Gasteiger partial charge is 0.258 e. The Bertz CT molecular complexity index is 639. The van der Waals surface area contributed by atoms with Crippen LogP contribution in [0.15, 0.2) is 59.8 Å². The van der Waals surface area contributed by atoms with Gasteiger partial charge in [-0.2, -0.15) is 0 Å². The lowest BCUT2D eigenvalue weighted by atomic mass is 10.1. The van der Waals surface area contributed by atoms with Gasteiger partial charge in [-0.15, -0.1) is 0 Å². The first-order valence-corrected chi connectivity index (χ1v) is 6.05. The molecule has 0 aliphatic heterocycles. The molecule has 3 N–H and O–H groups in total. The molecule has 0 spiro atoms. The van der Waals surface area contributed by atoms with E-state index in [1.807, 2.05) is 6.07 Å². The Morgan fingerprint density at radius 2 is 1.70 bits per heavy atom. The van der Waals surface area contributed by atoms with Gasteiger partial charge in [-0.05, 0) is 24.3 Å². The zero-order valence-corrected chi connectivity index (χ0v) is 11.0. The van der Waals surface area contributed by atoms with Crippen molar-refractivity contribution in [1.82, 2.24) is 0 Å². The lowest BCUT2D eigenvalue weighted by Gasteiger charge is -2.20. The van der Waals surface area contributed by atoms with Crippen molar-refractivity contribution in [2.45, 2.75) is 0 Å². The molecule has 2 rings (SSSR count).